The van der Waals surface area contributed by atoms with E-state index in [1.807, 2.05) is 29.6 Å². The van der Waals surface area contributed by atoms with Gasteiger partial charge in [-0.25, -0.2) is 0 Å². The number of fused-ring (bicyclic) bond motifs is 1. The molecule has 114 valence electrons. The number of H-pyrrole nitrogens is 1. The zero-order valence-electron chi connectivity index (χ0n) is 12.1. The first kappa shape index (κ1) is 15.5. The summed E-state index contributed by atoms with van der Waals surface area (Å²) in [6, 6.07) is 9.32. The highest BCUT2D eigenvalue weighted by Crippen LogP contribution is 2.27. The van der Waals surface area contributed by atoms with E-state index >= 15 is 0 Å². The smallest absolute Gasteiger partial charge is 0.205 e. The molecular weight excluding hydrogens is 376 g/mol. The van der Waals surface area contributed by atoms with Crippen LogP contribution in [0.25, 0.3) is 17.0 Å². The van der Waals surface area contributed by atoms with Crippen molar-refractivity contribution in [2.45, 2.75) is 0 Å². The average molecular weight is 387 g/mol. The molecular formula is C17H11BrN2O2S. The van der Waals surface area contributed by atoms with Crippen LogP contribution >= 0.6 is 27.3 Å². The summed E-state index contributed by atoms with van der Waals surface area (Å²) in [4.78, 5) is 16.6. The predicted octanol–water partition coefficient (Wildman–Crippen LogP) is 4.79. The van der Waals surface area contributed by atoms with Gasteiger partial charge in [-0.2, -0.15) is 5.26 Å². The van der Waals surface area contributed by atoms with E-state index in [1.54, 1.807) is 25.4 Å². The molecule has 1 N–H and O–H groups in total. The fourth-order valence-electron chi connectivity index (χ4n) is 2.25. The van der Waals surface area contributed by atoms with Crippen molar-refractivity contribution in [2.24, 2.45) is 0 Å². The van der Waals surface area contributed by atoms with Crippen LogP contribution < -0.4 is 4.74 Å². The number of benzene rings is 1. The zero-order valence-corrected chi connectivity index (χ0v) is 14.5. The predicted molar refractivity (Wildman–Crippen MR) is 94.8 cm³/mol. The molecule has 0 bridgehead atoms. The molecule has 6 heteroatoms. The van der Waals surface area contributed by atoms with Gasteiger partial charge in [-0.05, 0) is 46.3 Å². The topological polar surface area (TPSA) is 65.9 Å². The highest BCUT2D eigenvalue weighted by Gasteiger charge is 2.17. The number of hydrogen-bond acceptors (Lipinski definition) is 4. The quantitative estimate of drug-likeness (QED) is 0.398. The van der Waals surface area contributed by atoms with Crippen molar-refractivity contribution in [2.75, 3.05) is 7.11 Å². The molecule has 0 spiro atoms. The third-order valence-electron chi connectivity index (χ3n) is 3.37. The van der Waals surface area contributed by atoms with Crippen molar-refractivity contribution < 1.29 is 9.53 Å². The van der Waals surface area contributed by atoms with Crippen LogP contribution in [0.1, 0.15) is 15.2 Å². The molecule has 0 radical (unpaired) electrons. The fourth-order valence-corrected chi connectivity index (χ4v) is 3.63. The van der Waals surface area contributed by atoms with Crippen LogP contribution in [0.2, 0.25) is 0 Å². The second-order valence-electron chi connectivity index (χ2n) is 4.78. The van der Waals surface area contributed by atoms with E-state index in [9.17, 15) is 10.1 Å². The van der Waals surface area contributed by atoms with Gasteiger partial charge < -0.3 is 9.72 Å². The van der Waals surface area contributed by atoms with Crippen LogP contribution in [-0.4, -0.2) is 17.9 Å². The number of rotatable bonds is 4. The summed E-state index contributed by atoms with van der Waals surface area (Å²) in [5.41, 5.74) is 1.38. The van der Waals surface area contributed by atoms with Crippen LogP contribution in [0, 0.1) is 11.3 Å². The maximum atomic E-state index is 12.7. The standard InChI is InChI=1S/C17H11BrN2O2S/c1-22-12-2-3-16-14(6-12)15(8-20-16)17(21)10(7-19)4-13-5-11(18)9-23-13/h2-6,8-9,20H,1H3/b10-4-. The number of aromatic amines is 1. The van der Waals surface area contributed by atoms with Crippen molar-refractivity contribution >= 4 is 50.0 Å². The third-order valence-corrected chi connectivity index (χ3v) is 5.01. The van der Waals surface area contributed by atoms with E-state index in [0.29, 0.717) is 11.3 Å². The molecule has 0 aliphatic heterocycles. The van der Waals surface area contributed by atoms with Crippen LogP contribution in [0.3, 0.4) is 0 Å². The molecule has 0 saturated heterocycles. The summed E-state index contributed by atoms with van der Waals surface area (Å²) in [7, 11) is 1.57. The Labute approximate surface area is 145 Å². The first-order chi connectivity index (χ1) is 11.1. The van der Waals surface area contributed by atoms with E-state index < -0.39 is 0 Å². The van der Waals surface area contributed by atoms with Crippen molar-refractivity contribution in [1.82, 2.24) is 4.98 Å². The van der Waals surface area contributed by atoms with Gasteiger partial charge in [0.25, 0.3) is 0 Å². The number of carbonyl (C=O) groups is 1. The molecule has 2 aromatic heterocycles. The Morgan fingerprint density at radius 1 is 1.43 bits per heavy atom. The molecule has 0 fully saturated rings. The van der Waals surface area contributed by atoms with Gasteiger partial charge in [0.05, 0.1) is 7.11 Å². The summed E-state index contributed by atoms with van der Waals surface area (Å²) < 4.78 is 6.13. The number of nitriles is 1. The number of methoxy groups -OCH3 is 1. The molecule has 0 amide bonds. The Morgan fingerprint density at radius 3 is 2.91 bits per heavy atom. The maximum absolute atomic E-state index is 12.7. The summed E-state index contributed by atoms with van der Waals surface area (Å²) in [6.45, 7) is 0. The number of aromatic nitrogens is 1. The maximum Gasteiger partial charge on any atom is 0.205 e. The number of allylic oxidation sites excluding steroid dienone is 1. The van der Waals surface area contributed by atoms with Gasteiger partial charge in [-0.1, -0.05) is 0 Å². The van der Waals surface area contributed by atoms with Gasteiger partial charge in [0, 0.05) is 37.4 Å². The molecule has 0 unspecified atom stereocenters. The molecule has 3 aromatic rings. The van der Waals surface area contributed by atoms with E-state index in [4.69, 9.17) is 4.74 Å². The third kappa shape index (κ3) is 3.07. The number of halogens is 1. The molecule has 0 aliphatic rings. The first-order valence-corrected chi connectivity index (χ1v) is 8.35. The lowest BCUT2D eigenvalue weighted by Gasteiger charge is -2.01. The van der Waals surface area contributed by atoms with Crippen LogP contribution in [0.15, 0.2) is 45.9 Å². The zero-order chi connectivity index (χ0) is 16.4. The first-order valence-electron chi connectivity index (χ1n) is 6.68. The van der Waals surface area contributed by atoms with Gasteiger partial charge >= 0.3 is 0 Å². The molecule has 0 aliphatic carbocycles. The lowest BCUT2D eigenvalue weighted by Crippen LogP contribution is -2.00. The summed E-state index contributed by atoms with van der Waals surface area (Å²) in [5.74, 6) is 0.354. The van der Waals surface area contributed by atoms with Crippen LogP contribution in [-0.2, 0) is 0 Å². The van der Waals surface area contributed by atoms with Gasteiger partial charge in [0.15, 0.2) is 0 Å². The fraction of sp³-hybridized carbons (Fsp3) is 0.0588. The minimum atomic E-state index is -0.309. The molecule has 1 aromatic carbocycles. The minimum absolute atomic E-state index is 0.100. The summed E-state index contributed by atoms with van der Waals surface area (Å²) in [6.07, 6.45) is 3.23. The SMILES string of the molecule is COc1ccc2[nH]cc(C(=O)/C(C#N)=C\c3cc(Br)cs3)c2c1. The van der Waals surface area contributed by atoms with Crippen LogP contribution in [0.4, 0.5) is 0 Å². The van der Waals surface area contributed by atoms with Crippen molar-refractivity contribution in [3.8, 4) is 11.8 Å². The largest absolute Gasteiger partial charge is 0.497 e. The van der Waals surface area contributed by atoms with Gasteiger partial charge in [-0.15, -0.1) is 11.3 Å². The van der Waals surface area contributed by atoms with Crippen molar-refractivity contribution in [3.05, 3.63) is 56.3 Å². The normalized spacial score (nSPS) is 11.4. The van der Waals surface area contributed by atoms with E-state index in [-0.39, 0.29) is 11.4 Å². The lowest BCUT2D eigenvalue weighted by molar-refractivity contribution is 0.104. The Morgan fingerprint density at radius 2 is 2.26 bits per heavy atom. The van der Waals surface area contributed by atoms with Gasteiger partial charge in [0.2, 0.25) is 5.78 Å². The Hall–Kier alpha value is -2.36. The molecule has 0 atom stereocenters. The Balaban J connectivity index is 2.05. The molecule has 23 heavy (non-hydrogen) atoms. The number of ether oxygens (including phenoxy) is 1. The van der Waals surface area contributed by atoms with Gasteiger partial charge in [0.1, 0.15) is 17.4 Å². The average Bonchev–Trinajstić information content (AvgIpc) is 3.17. The number of ketones is 1. The van der Waals surface area contributed by atoms with E-state index in [1.165, 1.54) is 11.3 Å². The Kier molecular flexibility index (Phi) is 4.33. The number of Topliss-reactive ketones (excluding diaryl/α,β-unsaturated/α-hetero) is 1. The second-order valence-corrected chi connectivity index (χ2v) is 6.64. The van der Waals surface area contributed by atoms with Gasteiger partial charge in [-0.3, -0.25) is 4.79 Å². The monoisotopic (exact) mass is 386 g/mol. The summed E-state index contributed by atoms with van der Waals surface area (Å²) >= 11 is 4.83. The number of carbonyl (C=O) groups excluding carboxylic acids is 1. The Bertz CT molecular complexity index is 963. The van der Waals surface area contributed by atoms with Crippen molar-refractivity contribution in [3.63, 3.8) is 0 Å². The molecule has 2 heterocycles. The van der Waals surface area contributed by atoms with Crippen LogP contribution in [0.5, 0.6) is 5.75 Å². The van der Waals surface area contributed by atoms with E-state index in [2.05, 4.69) is 20.9 Å². The molecule has 4 nitrogen and oxygen atoms in total. The van der Waals surface area contributed by atoms with Crippen molar-refractivity contribution in [1.29, 1.82) is 5.26 Å². The molecule has 3 rings (SSSR count). The number of nitrogens with zero attached hydrogens (tertiary/aromatic N) is 1. The minimum Gasteiger partial charge on any atom is -0.497 e. The van der Waals surface area contributed by atoms with E-state index in [0.717, 1.165) is 20.3 Å². The second kappa shape index (κ2) is 6.41. The number of nitrogens with one attached hydrogen (secondary N) is 1. The highest BCUT2D eigenvalue weighted by molar-refractivity contribution is 9.10. The summed E-state index contributed by atoms with van der Waals surface area (Å²) in [5, 5.41) is 12.0. The highest BCUT2D eigenvalue weighted by atomic mass is 79.9. The number of hydrogen-bond donors (Lipinski definition) is 1. The molecule has 0 saturated carbocycles. The number of thiophene rings is 1. The lowest BCUT2D eigenvalue weighted by atomic mass is 10.0.